The Bertz CT molecular complexity index is 579. The van der Waals surface area contributed by atoms with E-state index in [1.54, 1.807) is 6.08 Å². The highest BCUT2D eigenvalue weighted by Gasteiger charge is 2.57. The molecule has 1 saturated heterocycles. The average Bonchev–Trinajstić information content (AvgIpc) is 2.50. The van der Waals surface area contributed by atoms with Crippen molar-refractivity contribution >= 4 is 49.9 Å². The summed E-state index contributed by atoms with van der Waals surface area (Å²) in [4.78, 5) is 23.4. The predicted octanol–water partition coefficient (Wildman–Crippen LogP) is 2.78. The fourth-order valence-corrected chi connectivity index (χ4v) is 3.22. The minimum absolute atomic E-state index is 0.500. The molecule has 0 spiro atoms. The number of carbonyl (C=O) groups excluding carboxylic acids is 2. The molecule has 0 aromatic heterocycles. The van der Waals surface area contributed by atoms with E-state index in [0.717, 1.165) is 15.6 Å². The normalized spacial score (nSPS) is 29.9. The molecule has 5 heteroatoms. The fourth-order valence-electron chi connectivity index (χ4n) is 2.20. The highest BCUT2D eigenvalue weighted by molar-refractivity contribution is 9.10. The van der Waals surface area contributed by atoms with Gasteiger partial charge in [0.1, 0.15) is 5.92 Å². The van der Waals surface area contributed by atoms with Gasteiger partial charge in [0.25, 0.3) is 0 Å². The third kappa shape index (κ3) is 1.45. The molecule has 2 aliphatic rings. The number of rotatable bonds is 0. The second kappa shape index (κ2) is 3.53. The average molecular weight is 358 g/mol. The van der Waals surface area contributed by atoms with E-state index >= 15 is 0 Å². The lowest BCUT2D eigenvalue weighted by molar-refractivity contribution is -0.152. The van der Waals surface area contributed by atoms with Crippen LogP contribution in [0.15, 0.2) is 28.7 Å². The van der Waals surface area contributed by atoms with Crippen molar-refractivity contribution in [3.8, 4) is 0 Å². The van der Waals surface area contributed by atoms with Crippen LogP contribution in [0.3, 0.4) is 0 Å². The zero-order valence-electron chi connectivity index (χ0n) is 8.44. The van der Waals surface area contributed by atoms with Crippen LogP contribution >= 0.6 is 31.9 Å². The van der Waals surface area contributed by atoms with E-state index in [4.69, 9.17) is 4.74 Å². The molecule has 0 bridgehead atoms. The molecule has 0 radical (unpaired) electrons. The first-order chi connectivity index (χ1) is 8.02. The Morgan fingerprint density at radius 2 is 2.06 bits per heavy atom. The fraction of sp³-hybridized carbons (Fsp3) is 0.167. The van der Waals surface area contributed by atoms with Crippen molar-refractivity contribution < 1.29 is 14.3 Å². The highest BCUT2D eigenvalue weighted by Crippen LogP contribution is 2.48. The van der Waals surface area contributed by atoms with E-state index in [0.29, 0.717) is 0 Å². The molecule has 1 aromatic carbocycles. The largest absolute Gasteiger partial charge is 0.391 e. The Balaban J connectivity index is 2.24. The molecule has 0 N–H and O–H groups in total. The van der Waals surface area contributed by atoms with Gasteiger partial charge in [-0.3, -0.25) is 4.79 Å². The molecule has 1 aromatic rings. The first-order valence-corrected chi connectivity index (χ1v) is 6.55. The molecule has 1 aliphatic carbocycles. The Kier molecular flexibility index (Phi) is 2.32. The van der Waals surface area contributed by atoms with Crippen LogP contribution in [0, 0.1) is 0 Å². The molecule has 1 heterocycles. The van der Waals surface area contributed by atoms with Crippen LogP contribution in [0.2, 0.25) is 0 Å². The van der Waals surface area contributed by atoms with Crippen molar-refractivity contribution in [1.82, 2.24) is 0 Å². The van der Waals surface area contributed by atoms with E-state index in [-0.39, 0.29) is 0 Å². The summed E-state index contributed by atoms with van der Waals surface area (Å²) in [6.45, 7) is 0. The van der Waals surface area contributed by atoms with Crippen molar-refractivity contribution in [2.24, 2.45) is 0 Å². The maximum atomic E-state index is 11.8. The van der Waals surface area contributed by atoms with Crippen LogP contribution in [-0.2, 0) is 14.3 Å². The number of ether oxygens (including phenoxy) is 1. The summed E-state index contributed by atoms with van der Waals surface area (Å²) in [5.41, 5.74) is 1.73. The number of halogens is 2. The summed E-state index contributed by atoms with van der Waals surface area (Å²) in [5, 5.41) is 0. The van der Waals surface area contributed by atoms with Crippen LogP contribution in [0.1, 0.15) is 17.0 Å². The standard InChI is InChI=1S/C12H6Br2O3/c13-7-1-2-8-6(5-7)3-4-12(14)9(8)10(15)17-11(12)16/h1-5,9H. The molecular weight excluding hydrogens is 352 g/mol. The van der Waals surface area contributed by atoms with Crippen molar-refractivity contribution in [2.75, 3.05) is 0 Å². The van der Waals surface area contributed by atoms with Crippen LogP contribution in [0.5, 0.6) is 0 Å². The number of fused-ring (bicyclic) bond motifs is 3. The predicted molar refractivity (Wildman–Crippen MR) is 68.7 cm³/mol. The second-order valence-electron chi connectivity index (χ2n) is 4.02. The number of benzene rings is 1. The molecular formula is C12H6Br2O3. The topological polar surface area (TPSA) is 43.4 Å². The number of hydrogen-bond donors (Lipinski definition) is 0. The molecule has 1 fully saturated rings. The Morgan fingerprint density at radius 3 is 2.82 bits per heavy atom. The number of cyclic esters (lactones) is 2. The third-order valence-corrected chi connectivity index (χ3v) is 4.57. The van der Waals surface area contributed by atoms with Gasteiger partial charge in [0.05, 0.1) is 0 Å². The Morgan fingerprint density at radius 1 is 1.29 bits per heavy atom. The zero-order chi connectivity index (χ0) is 12.2. The van der Waals surface area contributed by atoms with Gasteiger partial charge in [0.2, 0.25) is 0 Å². The van der Waals surface area contributed by atoms with Gasteiger partial charge in [-0.25, -0.2) is 4.79 Å². The van der Waals surface area contributed by atoms with Crippen molar-refractivity contribution in [3.63, 3.8) is 0 Å². The van der Waals surface area contributed by atoms with Crippen molar-refractivity contribution in [3.05, 3.63) is 39.9 Å². The van der Waals surface area contributed by atoms with Crippen LogP contribution in [-0.4, -0.2) is 16.3 Å². The van der Waals surface area contributed by atoms with Crippen molar-refractivity contribution in [1.29, 1.82) is 0 Å². The van der Waals surface area contributed by atoms with E-state index in [1.165, 1.54) is 0 Å². The highest BCUT2D eigenvalue weighted by atomic mass is 79.9. The summed E-state index contributed by atoms with van der Waals surface area (Å²) in [5.74, 6) is -1.64. The lowest BCUT2D eigenvalue weighted by Gasteiger charge is -2.25. The molecule has 3 rings (SSSR count). The maximum absolute atomic E-state index is 11.8. The zero-order valence-corrected chi connectivity index (χ0v) is 11.6. The lowest BCUT2D eigenvalue weighted by Crippen LogP contribution is -2.33. The summed E-state index contributed by atoms with van der Waals surface area (Å²) < 4.78 is 4.61. The molecule has 86 valence electrons. The summed E-state index contributed by atoms with van der Waals surface area (Å²) in [6, 6.07) is 5.60. The van der Waals surface area contributed by atoms with Gasteiger partial charge < -0.3 is 4.74 Å². The molecule has 2 unspecified atom stereocenters. The van der Waals surface area contributed by atoms with Crippen LogP contribution in [0.25, 0.3) is 6.08 Å². The van der Waals surface area contributed by atoms with E-state index in [9.17, 15) is 9.59 Å². The van der Waals surface area contributed by atoms with Gasteiger partial charge in [0.15, 0.2) is 4.32 Å². The van der Waals surface area contributed by atoms with E-state index in [1.807, 2.05) is 24.3 Å². The van der Waals surface area contributed by atoms with Gasteiger partial charge in [0, 0.05) is 4.47 Å². The smallest absolute Gasteiger partial charge is 0.335 e. The maximum Gasteiger partial charge on any atom is 0.335 e. The summed E-state index contributed by atoms with van der Waals surface area (Å²) in [7, 11) is 0. The number of hydrogen-bond acceptors (Lipinski definition) is 3. The molecule has 3 nitrogen and oxygen atoms in total. The minimum atomic E-state index is -1.04. The molecule has 0 saturated carbocycles. The van der Waals surface area contributed by atoms with E-state index < -0.39 is 22.2 Å². The Labute approximate surface area is 114 Å². The molecule has 0 amide bonds. The lowest BCUT2D eigenvalue weighted by atomic mass is 9.81. The van der Waals surface area contributed by atoms with Crippen molar-refractivity contribution in [2.45, 2.75) is 10.2 Å². The number of esters is 2. The van der Waals surface area contributed by atoms with Crippen LogP contribution in [0.4, 0.5) is 0 Å². The second-order valence-corrected chi connectivity index (χ2v) is 6.24. The number of alkyl halides is 1. The molecule has 1 aliphatic heterocycles. The van der Waals surface area contributed by atoms with Crippen LogP contribution < -0.4 is 0 Å². The first kappa shape index (κ1) is 11.2. The van der Waals surface area contributed by atoms with Gasteiger partial charge in [-0.2, -0.15) is 0 Å². The quantitative estimate of drug-likeness (QED) is 0.407. The van der Waals surface area contributed by atoms with Gasteiger partial charge >= 0.3 is 11.9 Å². The SMILES string of the molecule is O=C1OC(=O)C2(Br)C=Cc3cc(Br)ccc3C12. The Hall–Kier alpha value is -0.940. The third-order valence-electron chi connectivity index (χ3n) is 3.03. The monoisotopic (exact) mass is 356 g/mol. The first-order valence-electron chi connectivity index (χ1n) is 4.96. The molecule has 17 heavy (non-hydrogen) atoms. The molecule has 2 atom stereocenters. The van der Waals surface area contributed by atoms with E-state index in [2.05, 4.69) is 31.9 Å². The van der Waals surface area contributed by atoms with Gasteiger partial charge in [-0.05, 0) is 23.3 Å². The summed E-state index contributed by atoms with van der Waals surface area (Å²) >= 11 is 6.70. The van der Waals surface area contributed by atoms with Gasteiger partial charge in [-0.1, -0.05) is 50.1 Å². The number of carbonyl (C=O) groups is 2. The van der Waals surface area contributed by atoms with Gasteiger partial charge in [-0.15, -0.1) is 0 Å². The summed E-state index contributed by atoms with van der Waals surface area (Å²) in [6.07, 6.45) is 3.50. The minimum Gasteiger partial charge on any atom is -0.391 e.